The first-order valence-electron chi connectivity index (χ1n) is 8.78. The summed E-state index contributed by atoms with van der Waals surface area (Å²) >= 11 is 3.80. The highest BCUT2D eigenvalue weighted by Gasteiger charge is 2.66. The van der Waals surface area contributed by atoms with E-state index in [1.54, 1.807) is 7.11 Å². The second-order valence-electron chi connectivity index (χ2n) is 7.90. The first-order chi connectivity index (χ1) is 11.1. The fourth-order valence-electron chi connectivity index (χ4n) is 6.25. The van der Waals surface area contributed by atoms with Crippen LogP contribution in [-0.4, -0.2) is 30.5 Å². The highest BCUT2D eigenvalue weighted by atomic mass is 79.9. The molecule has 124 valence electrons. The van der Waals surface area contributed by atoms with E-state index in [0.717, 1.165) is 25.0 Å². The van der Waals surface area contributed by atoms with Crippen molar-refractivity contribution < 1.29 is 14.6 Å². The first kappa shape index (κ1) is 14.7. The van der Waals surface area contributed by atoms with Crippen LogP contribution in [0.3, 0.4) is 0 Å². The monoisotopic (exact) mass is 378 g/mol. The summed E-state index contributed by atoms with van der Waals surface area (Å²) in [6.45, 7) is 2.12. The van der Waals surface area contributed by atoms with Crippen molar-refractivity contribution in [1.29, 1.82) is 0 Å². The van der Waals surface area contributed by atoms with E-state index in [2.05, 4.69) is 28.9 Å². The van der Waals surface area contributed by atoms with Gasteiger partial charge in [-0.25, -0.2) is 0 Å². The lowest BCUT2D eigenvalue weighted by Crippen LogP contribution is -2.64. The minimum atomic E-state index is -0.536. The van der Waals surface area contributed by atoms with Crippen molar-refractivity contribution >= 4 is 15.9 Å². The molecule has 1 aromatic carbocycles. The minimum Gasteiger partial charge on any atom is -0.486 e. The largest absolute Gasteiger partial charge is 0.486 e. The molecule has 1 unspecified atom stereocenters. The van der Waals surface area contributed by atoms with E-state index in [9.17, 15) is 5.11 Å². The molecule has 0 aromatic heterocycles. The summed E-state index contributed by atoms with van der Waals surface area (Å²) in [6.07, 6.45) is 5.00. The summed E-state index contributed by atoms with van der Waals surface area (Å²) in [7, 11) is 1.72. The van der Waals surface area contributed by atoms with Gasteiger partial charge >= 0.3 is 0 Å². The zero-order valence-electron chi connectivity index (χ0n) is 13.6. The number of aryl methyl sites for hydroxylation is 1. The lowest BCUT2D eigenvalue weighted by atomic mass is 9.47. The number of rotatable bonds is 1. The molecule has 2 saturated carbocycles. The van der Waals surface area contributed by atoms with Gasteiger partial charge in [0, 0.05) is 22.6 Å². The Balaban J connectivity index is 1.79. The number of halogens is 1. The average Bonchev–Trinajstić information content (AvgIpc) is 2.86. The van der Waals surface area contributed by atoms with Crippen LogP contribution in [0.25, 0.3) is 0 Å². The van der Waals surface area contributed by atoms with E-state index >= 15 is 0 Å². The van der Waals surface area contributed by atoms with Crippen LogP contribution in [0.2, 0.25) is 0 Å². The molecule has 0 radical (unpaired) electrons. The van der Waals surface area contributed by atoms with E-state index < -0.39 is 6.10 Å². The second-order valence-corrected chi connectivity index (χ2v) is 8.75. The van der Waals surface area contributed by atoms with Crippen LogP contribution < -0.4 is 4.74 Å². The van der Waals surface area contributed by atoms with Crippen LogP contribution in [0.5, 0.6) is 5.75 Å². The van der Waals surface area contributed by atoms with Crippen molar-refractivity contribution in [3.8, 4) is 5.75 Å². The maximum Gasteiger partial charge on any atom is 0.137 e. The Bertz CT molecular complexity index is 688. The Hall–Kier alpha value is -0.580. The Morgan fingerprint density at radius 1 is 1.43 bits per heavy atom. The number of aliphatic hydroxyl groups excluding tert-OH is 1. The van der Waals surface area contributed by atoms with Gasteiger partial charge in [-0.15, -0.1) is 0 Å². The maximum atomic E-state index is 10.9. The maximum absolute atomic E-state index is 10.9. The number of methoxy groups -OCH3 is 1. The van der Waals surface area contributed by atoms with E-state index in [0.29, 0.717) is 11.8 Å². The number of aliphatic hydroxyl groups is 1. The van der Waals surface area contributed by atoms with Crippen molar-refractivity contribution in [1.82, 2.24) is 0 Å². The van der Waals surface area contributed by atoms with Crippen molar-refractivity contribution in [2.45, 2.75) is 62.8 Å². The molecule has 6 atom stereocenters. The summed E-state index contributed by atoms with van der Waals surface area (Å²) in [5.74, 6) is 2.32. The van der Waals surface area contributed by atoms with Crippen molar-refractivity contribution in [3.63, 3.8) is 0 Å². The molecule has 3 aliphatic carbocycles. The van der Waals surface area contributed by atoms with Crippen molar-refractivity contribution in [2.24, 2.45) is 11.8 Å². The summed E-state index contributed by atoms with van der Waals surface area (Å²) in [5, 5.41) is 10.9. The molecule has 1 N–H and O–H groups in total. The summed E-state index contributed by atoms with van der Waals surface area (Å²) in [6, 6.07) is 2.19. The third-order valence-electron chi connectivity index (χ3n) is 7.08. The Morgan fingerprint density at radius 2 is 2.26 bits per heavy atom. The summed E-state index contributed by atoms with van der Waals surface area (Å²) in [5.41, 5.74) is 4.05. The highest BCUT2D eigenvalue weighted by Crippen LogP contribution is 2.65. The topological polar surface area (TPSA) is 38.7 Å². The molecule has 2 bridgehead atoms. The third kappa shape index (κ3) is 1.63. The zero-order chi connectivity index (χ0) is 15.9. The SMILES string of the molecule is CO[C@@H]1C[C@H]2[C@@H]3CCC[C@@]24c2c(c(Br)cc(C)c2O[C@H]4C1O)C3. The van der Waals surface area contributed by atoms with Gasteiger partial charge in [-0.1, -0.05) is 22.4 Å². The number of hydrogen-bond acceptors (Lipinski definition) is 3. The van der Waals surface area contributed by atoms with E-state index in [1.165, 1.54) is 34.0 Å². The number of hydrogen-bond donors (Lipinski definition) is 1. The molecular weight excluding hydrogens is 356 g/mol. The molecule has 3 nitrogen and oxygen atoms in total. The molecule has 1 aliphatic heterocycles. The normalized spacial score (nSPS) is 43.0. The summed E-state index contributed by atoms with van der Waals surface area (Å²) in [4.78, 5) is 0. The van der Waals surface area contributed by atoms with Crippen LogP contribution in [0, 0.1) is 18.8 Å². The van der Waals surface area contributed by atoms with Crippen LogP contribution in [-0.2, 0) is 16.6 Å². The van der Waals surface area contributed by atoms with Gasteiger partial charge in [0.1, 0.15) is 18.0 Å². The molecule has 1 heterocycles. The molecule has 1 spiro atoms. The molecule has 4 aliphatic rings. The quantitative estimate of drug-likeness (QED) is 0.812. The van der Waals surface area contributed by atoms with Gasteiger partial charge in [-0.3, -0.25) is 0 Å². The molecule has 1 aromatic rings. The van der Waals surface area contributed by atoms with E-state index in [4.69, 9.17) is 9.47 Å². The highest BCUT2D eigenvalue weighted by molar-refractivity contribution is 9.10. The van der Waals surface area contributed by atoms with Gasteiger partial charge in [0.2, 0.25) is 0 Å². The fourth-order valence-corrected chi connectivity index (χ4v) is 6.95. The lowest BCUT2D eigenvalue weighted by molar-refractivity contribution is -0.153. The van der Waals surface area contributed by atoms with Crippen LogP contribution in [0.1, 0.15) is 42.4 Å². The van der Waals surface area contributed by atoms with Gasteiger partial charge in [0.15, 0.2) is 0 Å². The van der Waals surface area contributed by atoms with Gasteiger partial charge < -0.3 is 14.6 Å². The smallest absolute Gasteiger partial charge is 0.137 e. The van der Waals surface area contributed by atoms with Crippen molar-refractivity contribution in [3.05, 3.63) is 27.2 Å². The van der Waals surface area contributed by atoms with Crippen molar-refractivity contribution in [2.75, 3.05) is 7.11 Å². The van der Waals surface area contributed by atoms with E-state index in [-0.39, 0.29) is 17.6 Å². The van der Waals surface area contributed by atoms with Gasteiger partial charge in [-0.2, -0.15) is 0 Å². The lowest BCUT2D eigenvalue weighted by Gasteiger charge is -2.57. The molecular formula is C19H23BrO3. The van der Waals surface area contributed by atoms with Gasteiger partial charge in [0.25, 0.3) is 0 Å². The van der Waals surface area contributed by atoms with Crippen LogP contribution >= 0.6 is 15.9 Å². The minimum absolute atomic E-state index is 0.00875. The Labute approximate surface area is 145 Å². The second kappa shape index (κ2) is 4.74. The molecule has 0 amide bonds. The molecule has 0 saturated heterocycles. The number of ether oxygens (including phenoxy) is 2. The van der Waals surface area contributed by atoms with Crippen LogP contribution in [0.4, 0.5) is 0 Å². The molecule has 4 heteroatoms. The molecule has 5 rings (SSSR count). The fraction of sp³-hybridized carbons (Fsp3) is 0.684. The van der Waals surface area contributed by atoms with Gasteiger partial charge in [0.05, 0.1) is 6.10 Å². The predicted molar refractivity (Wildman–Crippen MR) is 90.9 cm³/mol. The summed E-state index contributed by atoms with van der Waals surface area (Å²) < 4.78 is 13.3. The average molecular weight is 379 g/mol. The Kier molecular flexibility index (Phi) is 3.04. The van der Waals surface area contributed by atoms with E-state index in [1.807, 2.05) is 0 Å². The zero-order valence-corrected chi connectivity index (χ0v) is 15.2. The standard InChI is InChI=1S/C19H23BrO3/c1-9-6-13(20)11-7-10-4-3-5-19-12(10)8-14(22-2)16(21)18(19)23-17(9)15(11)19/h6,10,12,14,16,18,21H,3-5,7-8H2,1-2H3/t10-,12+,14-,16?,18+,19+/m1/s1. The first-order valence-corrected chi connectivity index (χ1v) is 9.57. The number of benzene rings is 1. The van der Waals surface area contributed by atoms with Crippen LogP contribution in [0.15, 0.2) is 10.5 Å². The Morgan fingerprint density at radius 3 is 3.04 bits per heavy atom. The predicted octanol–water partition coefficient (Wildman–Crippen LogP) is 3.51. The molecule has 2 fully saturated rings. The third-order valence-corrected chi connectivity index (χ3v) is 7.79. The molecule has 23 heavy (non-hydrogen) atoms. The van der Waals surface area contributed by atoms with Gasteiger partial charge in [-0.05, 0) is 61.6 Å².